The molecule has 1 aromatic carbocycles. The predicted molar refractivity (Wildman–Crippen MR) is 110 cm³/mol. The molecule has 0 atom stereocenters. The number of amides is 1. The topological polar surface area (TPSA) is 63.1 Å². The summed E-state index contributed by atoms with van der Waals surface area (Å²) in [5.74, 6) is 0.294. The summed E-state index contributed by atoms with van der Waals surface area (Å²) in [6.07, 6.45) is 4.86. The van der Waals surface area contributed by atoms with Crippen molar-refractivity contribution in [1.82, 2.24) is 19.7 Å². The molecule has 0 spiro atoms. The fourth-order valence-electron chi connectivity index (χ4n) is 3.82. The molecule has 1 saturated carbocycles. The van der Waals surface area contributed by atoms with E-state index in [-0.39, 0.29) is 5.91 Å². The largest absolute Gasteiger partial charge is 0.301 e. The number of carbonyl (C=O) groups excluding carboxylic acids is 1. The monoisotopic (exact) mass is 393 g/mol. The number of para-hydroxylation sites is 1. The summed E-state index contributed by atoms with van der Waals surface area (Å²) in [4.78, 5) is 21.3. The van der Waals surface area contributed by atoms with Crippen LogP contribution in [0.15, 0.2) is 30.5 Å². The lowest BCUT2D eigenvalue weighted by Crippen LogP contribution is -2.25. The zero-order chi connectivity index (χ0) is 19.3. The van der Waals surface area contributed by atoms with Gasteiger partial charge in [-0.3, -0.25) is 10.1 Å². The molecule has 5 rings (SSSR count). The number of thiazole rings is 1. The molecule has 3 heterocycles. The number of nitrogens with zero attached hydrogens (tertiary/aromatic N) is 4. The highest BCUT2D eigenvalue weighted by molar-refractivity contribution is 7.15. The second-order valence-corrected chi connectivity index (χ2v) is 8.83. The van der Waals surface area contributed by atoms with E-state index in [0.29, 0.717) is 16.6 Å². The molecule has 0 unspecified atom stereocenters. The molecule has 3 aromatic rings. The minimum atomic E-state index is -0.110. The van der Waals surface area contributed by atoms with E-state index >= 15 is 0 Å². The average molecular weight is 394 g/mol. The first-order valence-corrected chi connectivity index (χ1v) is 10.5. The lowest BCUT2D eigenvalue weighted by molar-refractivity contribution is 0.102. The molecule has 0 bridgehead atoms. The van der Waals surface area contributed by atoms with Crippen molar-refractivity contribution < 1.29 is 4.79 Å². The van der Waals surface area contributed by atoms with Gasteiger partial charge >= 0.3 is 0 Å². The summed E-state index contributed by atoms with van der Waals surface area (Å²) in [5, 5.41) is 8.30. The number of fused-ring (bicyclic) bond motifs is 1. The number of nitrogens with one attached hydrogen (secondary N) is 1. The van der Waals surface area contributed by atoms with Crippen LogP contribution in [-0.2, 0) is 13.0 Å². The van der Waals surface area contributed by atoms with Crippen LogP contribution < -0.4 is 5.32 Å². The first kappa shape index (κ1) is 17.6. The number of benzene rings is 1. The van der Waals surface area contributed by atoms with Gasteiger partial charge in [0, 0.05) is 30.3 Å². The van der Waals surface area contributed by atoms with Crippen LogP contribution in [0.1, 0.15) is 50.9 Å². The first-order chi connectivity index (χ1) is 13.6. The molecular weight excluding hydrogens is 370 g/mol. The Hall–Kier alpha value is -2.51. The third-order valence-electron chi connectivity index (χ3n) is 5.50. The van der Waals surface area contributed by atoms with E-state index in [9.17, 15) is 4.79 Å². The first-order valence-electron chi connectivity index (χ1n) is 9.72. The van der Waals surface area contributed by atoms with Gasteiger partial charge in [0.15, 0.2) is 5.13 Å². The van der Waals surface area contributed by atoms with Crippen LogP contribution in [0.3, 0.4) is 0 Å². The number of aromatic nitrogens is 3. The maximum Gasteiger partial charge on any atom is 0.260 e. The summed E-state index contributed by atoms with van der Waals surface area (Å²) in [6.45, 7) is 3.99. The van der Waals surface area contributed by atoms with Crippen molar-refractivity contribution in [3.63, 3.8) is 0 Å². The van der Waals surface area contributed by atoms with Gasteiger partial charge in [-0.2, -0.15) is 5.10 Å². The molecule has 0 saturated heterocycles. The van der Waals surface area contributed by atoms with Gasteiger partial charge in [-0.25, -0.2) is 9.67 Å². The van der Waals surface area contributed by atoms with Crippen molar-refractivity contribution >= 4 is 22.4 Å². The minimum absolute atomic E-state index is 0.110. The van der Waals surface area contributed by atoms with E-state index in [1.807, 2.05) is 16.8 Å². The normalized spacial score (nSPS) is 16.8. The summed E-state index contributed by atoms with van der Waals surface area (Å²) >= 11 is 1.59. The average Bonchev–Trinajstić information content (AvgIpc) is 3.29. The van der Waals surface area contributed by atoms with E-state index < -0.39 is 0 Å². The van der Waals surface area contributed by atoms with Crippen LogP contribution in [0.4, 0.5) is 5.13 Å². The smallest absolute Gasteiger partial charge is 0.260 e. The number of aryl methyl sites for hydroxylation is 1. The van der Waals surface area contributed by atoms with Crippen molar-refractivity contribution in [2.45, 2.75) is 38.6 Å². The number of carbonyl (C=O) groups is 1. The van der Waals surface area contributed by atoms with E-state index in [4.69, 9.17) is 0 Å². The third-order valence-corrected chi connectivity index (χ3v) is 6.50. The molecule has 0 radical (unpaired) electrons. The number of rotatable bonds is 4. The van der Waals surface area contributed by atoms with Crippen LogP contribution >= 0.6 is 11.3 Å². The Morgan fingerprint density at radius 1 is 1.29 bits per heavy atom. The highest BCUT2D eigenvalue weighted by atomic mass is 32.1. The molecule has 144 valence electrons. The van der Waals surface area contributed by atoms with E-state index in [1.54, 1.807) is 17.5 Å². The Morgan fingerprint density at radius 2 is 2.11 bits per heavy atom. The summed E-state index contributed by atoms with van der Waals surface area (Å²) in [6, 6.07) is 8.16. The van der Waals surface area contributed by atoms with Gasteiger partial charge in [0.1, 0.15) is 0 Å². The van der Waals surface area contributed by atoms with E-state index in [1.165, 1.54) is 4.88 Å². The molecule has 2 aliphatic rings. The fraction of sp³-hybridized carbons (Fsp3) is 0.381. The number of anilines is 1. The molecular formula is C21H23N5OS. The van der Waals surface area contributed by atoms with E-state index in [0.717, 1.165) is 55.0 Å². The molecule has 1 amide bonds. The second-order valence-electron chi connectivity index (χ2n) is 7.75. The number of likely N-dealkylation sites (N-methyl/N-ethyl adjacent to an activating group) is 1. The summed E-state index contributed by atoms with van der Waals surface area (Å²) < 4.78 is 1.95. The van der Waals surface area contributed by atoms with Crippen molar-refractivity contribution in [1.29, 1.82) is 0 Å². The zero-order valence-corrected chi connectivity index (χ0v) is 16.9. The van der Waals surface area contributed by atoms with Gasteiger partial charge < -0.3 is 4.90 Å². The lowest BCUT2D eigenvalue weighted by atomic mass is 10.1. The lowest BCUT2D eigenvalue weighted by Gasteiger charge is -2.20. The minimum Gasteiger partial charge on any atom is -0.301 e. The Labute approximate surface area is 168 Å². The van der Waals surface area contributed by atoms with Gasteiger partial charge in [-0.1, -0.05) is 18.2 Å². The Kier molecular flexibility index (Phi) is 4.29. The van der Waals surface area contributed by atoms with Gasteiger partial charge in [-0.15, -0.1) is 11.3 Å². The van der Waals surface area contributed by atoms with Crippen LogP contribution in [0.5, 0.6) is 0 Å². The van der Waals surface area contributed by atoms with Crippen molar-refractivity contribution in [3.8, 4) is 5.69 Å². The maximum absolute atomic E-state index is 13.1. The molecule has 28 heavy (non-hydrogen) atoms. The third kappa shape index (κ3) is 3.14. The fourth-order valence-corrected chi connectivity index (χ4v) is 4.90. The van der Waals surface area contributed by atoms with Crippen molar-refractivity contribution in [2.75, 3.05) is 18.9 Å². The molecule has 1 fully saturated rings. The highest BCUT2D eigenvalue weighted by Crippen LogP contribution is 2.43. The Morgan fingerprint density at radius 3 is 2.89 bits per heavy atom. The van der Waals surface area contributed by atoms with Gasteiger partial charge in [0.2, 0.25) is 0 Å². The van der Waals surface area contributed by atoms with Crippen LogP contribution in [0.25, 0.3) is 5.69 Å². The summed E-state index contributed by atoms with van der Waals surface area (Å²) in [5.41, 5.74) is 4.99. The molecule has 7 heteroatoms. The predicted octanol–water partition coefficient (Wildman–Crippen LogP) is 3.75. The second kappa shape index (κ2) is 6.83. The van der Waals surface area contributed by atoms with Crippen LogP contribution in [0.2, 0.25) is 0 Å². The number of hydrogen-bond donors (Lipinski definition) is 1. The van der Waals surface area contributed by atoms with Crippen LogP contribution in [-0.4, -0.2) is 39.2 Å². The maximum atomic E-state index is 13.1. The molecule has 1 aliphatic heterocycles. The van der Waals surface area contributed by atoms with Gasteiger partial charge in [-0.05, 0) is 38.4 Å². The zero-order valence-electron chi connectivity index (χ0n) is 16.1. The van der Waals surface area contributed by atoms with Crippen LogP contribution in [0, 0.1) is 6.92 Å². The van der Waals surface area contributed by atoms with Crippen molar-refractivity contribution in [2.24, 2.45) is 0 Å². The Balaban J connectivity index is 1.45. The SMILES string of the molecule is Cc1ccccc1-n1ncc(C(=O)Nc2nc3c(s2)CN(C)CC3)c1C1CC1. The van der Waals surface area contributed by atoms with Gasteiger partial charge in [0.05, 0.1) is 28.8 Å². The number of hydrogen-bond acceptors (Lipinski definition) is 5. The molecule has 2 aromatic heterocycles. The van der Waals surface area contributed by atoms with Crippen molar-refractivity contribution in [3.05, 3.63) is 57.9 Å². The van der Waals surface area contributed by atoms with E-state index in [2.05, 4.69) is 46.4 Å². The Bertz CT molecular complexity index is 1050. The standard InChI is InChI=1S/C21H23N5OS/c1-13-5-3-4-6-17(13)26-19(14-7-8-14)15(11-22-26)20(27)24-21-23-16-9-10-25(2)12-18(16)28-21/h3-6,11,14H,7-10,12H2,1-2H3,(H,23,24,27). The summed E-state index contributed by atoms with van der Waals surface area (Å²) in [7, 11) is 2.11. The quantitative estimate of drug-likeness (QED) is 0.733. The molecule has 1 N–H and O–H groups in total. The molecule has 6 nitrogen and oxygen atoms in total. The highest BCUT2D eigenvalue weighted by Gasteiger charge is 2.33. The van der Waals surface area contributed by atoms with Gasteiger partial charge in [0.25, 0.3) is 5.91 Å². The molecule has 1 aliphatic carbocycles.